The van der Waals surface area contributed by atoms with Crippen LogP contribution in [0.15, 0.2) is 65.6 Å². The molecule has 1 aliphatic rings. The maximum atomic E-state index is 13.1. The summed E-state index contributed by atoms with van der Waals surface area (Å²) in [5.74, 6) is -0.381. The van der Waals surface area contributed by atoms with Crippen LogP contribution in [0, 0.1) is 13.8 Å². The summed E-state index contributed by atoms with van der Waals surface area (Å²) in [4.78, 5) is 15.1. The fourth-order valence-electron chi connectivity index (χ4n) is 4.05. The maximum Gasteiger partial charge on any atom is 0.263 e. The van der Waals surface area contributed by atoms with E-state index in [1.54, 1.807) is 12.1 Å². The van der Waals surface area contributed by atoms with Crippen molar-refractivity contribution in [1.29, 1.82) is 0 Å². The number of aryl methyl sites for hydroxylation is 1. The van der Waals surface area contributed by atoms with E-state index in [1.807, 2.05) is 32.0 Å². The molecule has 1 amide bonds. The first kappa shape index (κ1) is 26.2. The highest BCUT2D eigenvalue weighted by Crippen LogP contribution is 2.27. The number of hydrogen-bond donors (Lipinski definition) is 2. The van der Waals surface area contributed by atoms with Gasteiger partial charge in [-0.25, -0.2) is 8.42 Å². The lowest BCUT2D eigenvalue weighted by Crippen LogP contribution is -2.35. The van der Waals surface area contributed by atoms with Crippen molar-refractivity contribution in [1.82, 2.24) is 10.2 Å². The smallest absolute Gasteiger partial charge is 0.263 e. The van der Waals surface area contributed by atoms with Gasteiger partial charge in [-0.3, -0.25) is 14.4 Å². The highest BCUT2D eigenvalue weighted by atomic mass is 35.5. The zero-order valence-electron chi connectivity index (χ0n) is 20.4. The number of rotatable bonds is 8. The normalized spacial score (nSPS) is 14.4. The van der Waals surface area contributed by atoms with Gasteiger partial charge in [0.25, 0.3) is 15.9 Å². The van der Waals surface area contributed by atoms with Crippen molar-refractivity contribution in [3.05, 3.63) is 93.5 Å². The Bertz CT molecular complexity index is 1350. The minimum Gasteiger partial charge on any atom is -0.379 e. The molecule has 0 bridgehead atoms. The average molecular weight is 528 g/mol. The van der Waals surface area contributed by atoms with Crippen LogP contribution in [0.25, 0.3) is 0 Å². The first-order chi connectivity index (χ1) is 17.2. The van der Waals surface area contributed by atoms with E-state index in [1.165, 1.54) is 23.8 Å². The summed E-state index contributed by atoms with van der Waals surface area (Å²) in [7, 11) is -4.00. The van der Waals surface area contributed by atoms with Crippen molar-refractivity contribution in [3.63, 3.8) is 0 Å². The molecule has 7 nitrogen and oxygen atoms in total. The van der Waals surface area contributed by atoms with Gasteiger partial charge in [0.05, 0.1) is 23.9 Å². The van der Waals surface area contributed by atoms with Crippen LogP contribution in [0.4, 0.5) is 5.69 Å². The van der Waals surface area contributed by atoms with Crippen LogP contribution in [0.1, 0.15) is 32.6 Å². The Kier molecular flexibility index (Phi) is 8.31. The molecule has 9 heteroatoms. The Hall–Kier alpha value is -2.91. The SMILES string of the molecule is Cc1cccc(NS(=O)(=O)c2cc(C(=O)NCc3cccc(CN4CCOCC4)c3)ccc2Cl)c1C. The molecule has 1 saturated heterocycles. The number of nitrogens with zero attached hydrogens (tertiary/aromatic N) is 1. The summed E-state index contributed by atoms with van der Waals surface area (Å²) in [6.45, 7) is 8.20. The standard InChI is InChI=1S/C27H30ClN3O4S/c1-19-5-3-8-25(20(19)2)30-36(33,34)26-16-23(9-10-24(26)28)27(32)29-17-21-6-4-7-22(15-21)18-31-11-13-35-14-12-31/h3-10,15-16,30H,11-14,17-18H2,1-2H3,(H,29,32). The second-order valence-corrected chi connectivity index (χ2v) is 10.9. The Balaban J connectivity index is 1.45. The van der Waals surface area contributed by atoms with Crippen molar-refractivity contribution in [2.45, 2.75) is 31.8 Å². The van der Waals surface area contributed by atoms with E-state index in [-0.39, 0.29) is 21.4 Å². The Morgan fingerprint density at radius 3 is 2.50 bits per heavy atom. The molecule has 4 rings (SSSR count). The summed E-state index contributed by atoms with van der Waals surface area (Å²) in [6, 6.07) is 17.7. The second-order valence-electron chi connectivity index (χ2n) is 8.89. The van der Waals surface area contributed by atoms with Crippen molar-refractivity contribution in [3.8, 4) is 0 Å². The monoisotopic (exact) mass is 527 g/mol. The van der Waals surface area contributed by atoms with Gasteiger partial charge in [0.1, 0.15) is 4.90 Å². The Morgan fingerprint density at radius 1 is 1.00 bits per heavy atom. The maximum absolute atomic E-state index is 13.1. The van der Waals surface area contributed by atoms with Crippen LogP contribution in [-0.2, 0) is 27.8 Å². The van der Waals surface area contributed by atoms with Gasteiger partial charge < -0.3 is 10.1 Å². The van der Waals surface area contributed by atoms with E-state index in [0.717, 1.165) is 49.5 Å². The summed E-state index contributed by atoms with van der Waals surface area (Å²) >= 11 is 6.23. The van der Waals surface area contributed by atoms with E-state index in [2.05, 4.69) is 27.1 Å². The van der Waals surface area contributed by atoms with Gasteiger partial charge in [0, 0.05) is 31.7 Å². The molecule has 0 saturated carbocycles. The molecule has 1 heterocycles. The van der Waals surface area contributed by atoms with Crippen LogP contribution in [0.2, 0.25) is 5.02 Å². The molecule has 0 atom stereocenters. The summed E-state index contributed by atoms with van der Waals surface area (Å²) in [5, 5.41) is 2.92. The van der Waals surface area contributed by atoms with Gasteiger partial charge in [-0.05, 0) is 60.4 Å². The molecule has 0 aromatic heterocycles. The summed E-state index contributed by atoms with van der Waals surface area (Å²) in [6.07, 6.45) is 0. The van der Waals surface area contributed by atoms with Crippen LogP contribution >= 0.6 is 11.6 Å². The molecule has 3 aromatic carbocycles. The van der Waals surface area contributed by atoms with E-state index in [0.29, 0.717) is 12.2 Å². The molecule has 1 aliphatic heterocycles. The number of halogens is 1. The van der Waals surface area contributed by atoms with Crippen molar-refractivity contribution < 1.29 is 17.9 Å². The molecule has 0 aliphatic carbocycles. The predicted octanol–water partition coefficient (Wildman–Crippen LogP) is 4.52. The van der Waals surface area contributed by atoms with E-state index in [4.69, 9.17) is 16.3 Å². The van der Waals surface area contributed by atoms with Gasteiger partial charge in [-0.15, -0.1) is 0 Å². The zero-order valence-corrected chi connectivity index (χ0v) is 22.0. The number of carbonyl (C=O) groups excluding carboxylic acids is 1. The molecular weight excluding hydrogens is 498 g/mol. The van der Waals surface area contributed by atoms with Gasteiger partial charge in [0.2, 0.25) is 0 Å². The third kappa shape index (κ3) is 6.44. The number of morpholine rings is 1. The molecule has 36 heavy (non-hydrogen) atoms. The molecule has 190 valence electrons. The minimum absolute atomic E-state index is 0.0418. The Labute approximate surface area is 217 Å². The lowest BCUT2D eigenvalue weighted by atomic mass is 10.1. The lowest BCUT2D eigenvalue weighted by Gasteiger charge is -2.26. The van der Waals surface area contributed by atoms with Crippen molar-refractivity contribution in [2.24, 2.45) is 0 Å². The largest absolute Gasteiger partial charge is 0.379 e. The molecule has 2 N–H and O–H groups in total. The highest BCUT2D eigenvalue weighted by Gasteiger charge is 2.21. The second kappa shape index (κ2) is 11.4. The van der Waals surface area contributed by atoms with Crippen molar-refractivity contribution in [2.75, 3.05) is 31.0 Å². The number of ether oxygens (including phenoxy) is 1. The van der Waals surface area contributed by atoms with Gasteiger partial charge in [0.15, 0.2) is 0 Å². The first-order valence-corrected chi connectivity index (χ1v) is 13.6. The molecule has 0 spiro atoms. The third-order valence-electron chi connectivity index (χ3n) is 6.29. The van der Waals surface area contributed by atoms with Crippen LogP contribution in [-0.4, -0.2) is 45.5 Å². The predicted molar refractivity (Wildman–Crippen MR) is 142 cm³/mol. The minimum atomic E-state index is -4.00. The molecule has 1 fully saturated rings. The number of nitrogens with one attached hydrogen (secondary N) is 2. The van der Waals surface area contributed by atoms with E-state index in [9.17, 15) is 13.2 Å². The van der Waals surface area contributed by atoms with Crippen LogP contribution in [0.5, 0.6) is 0 Å². The number of hydrogen-bond acceptors (Lipinski definition) is 5. The number of sulfonamides is 1. The zero-order chi connectivity index (χ0) is 25.7. The van der Waals surface area contributed by atoms with E-state index >= 15 is 0 Å². The van der Waals surface area contributed by atoms with Gasteiger partial charge in [-0.2, -0.15) is 0 Å². The van der Waals surface area contributed by atoms with E-state index < -0.39 is 10.0 Å². The molecule has 3 aromatic rings. The quantitative estimate of drug-likeness (QED) is 0.450. The topological polar surface area (TPSA) is 87.7 Å². The molecule has 0 unspecified atom stereocenters. The average Bonchev–Trinajstić information content (AvgIpc) is 2.86. The van der Waals surface area contributed by atoms with Gasteiger partial charge >= 0.3 is 0 Å². The third-order valence-corrected chi connectivity index (χ3v) is 8.13. The van der Waals surface area contributed by atoms with Crippen LogP contribution in [0.3, 0.4) is 0 Å². The first-order valence-electron chi connectivity index (χ1n) is 11.8. The molecular formula is C27H30ClN3O4S. The number of amides is 1. The summed E-state index contributed by atoms with van der Waals surface area (Å²) < 4.78 is 34.2. The van der Waals surface area contributed by atoms with Gasteiger partial charge in [-0.1, -0.05) is 48.0 Å². The highest BCUT2D eigenvalue weighted by molar-refractivity contribution is 7.92. The number of benzene rings is 3. The molecule has 0 radical (unpaired) electrons. The fourth-order valence-corrected chi connectivity index (χ4v) is 5.70. The van der Waals surface area contributed by atoms with Crippen molar-refractivity contribution >= 4 is 33.2 Å². The summed E-state index contributed by atoms with van der Waals surface area (Å²) in [5.41, 5.74) is 4.60. The number of anilines is 1. The lowest BCUT2D eigenvalue weighted by molar-refractivity contribution is 0.0342. The fraction of sp³-hybridized carbons (Fsp3) is 0.296. The Morgan fingerprint density at radius 2 is 1.72 bits per heavy atom. The van der Waals surface area contributed by atoms with Crippen LogP contribution < -0.4 is 10.0 Å². The number of carbonyl (C=O) groups is 1.